The van der Waals surface area contributed by atoms with E-state index >= 15 is 0 Å². The third kappa shape index (κ3) is 10.8. The Hall–Kier alpha value is -4.17. The van der Waals surface area contributed by atoms with Gasteiger partial charge in [0.25, 0.3) is 0 Å². The van der Waals surface area contributed by atoms with Gasteiger partial charge in [-0.15, -0.1) is 0 Å². The van der Waals surface area contributed by atoms with Crippen molar-refractivity contribution in [2.24, 2.45) is 0 Å². The number of unbranched alkanes of at least 4 members (excludes halogenated alkanes) is 1. The Bertz CT molecular complexity index is 1130. The maximum atomic E-state index is 12.6. The van der Waals surface area contributed by atoms with Crippen molar-refractivity contribution in [1.82, 2.24) is 0 Å². The largest absolute Gasteiger partial charge is 0.494 e. The predicted molar refractivity (Wildman–Crippen MR) is 144 cm³/mol. The number of hydrogen-bond donors (Lipinski definition) is 1. The average molecular weight is 523 g/mol. The second kappa shape index (κ2) is 16.6. The molecule has 2 aromatic carbocycles. The highest BCUT2D eigenvalue weighted by Gasteiger charge is 2.07. The summed E-state index contributed by atoms with van der Waals surface area (Å²) in [6, 6.07) is 12.5. The molecule has 0 saturated heterocycles. The van der Waals surface area contributed by atoms with E-state index in [-0.39, 0.29) is 24.6 Å². The van der Waals surface area contributed by atoms with Gasteiger partial charge in [-0.05, 0) is 73.4 Å². The van der Waals surface area contributed by atoms with Crippen LogP contribution in [0.3, 0.4) is 0 Å². The Labute approximate surface area is 223 Å². The molecule has 1 N–H and O–H groups in total. The number of aliphatic hydroxyl groups is 1. The number of benzene rings is 2. The van der Waals surface area contributed by atoms with Crippen LogP contribution >= 0.6 is 0 Å². The highest BCUT2D eigenvalue weighted by atomic mass is 16.5. The molecule has 0 aliphatic heterocycles. The molecular weight excluding hydrogens is 488 g/mol. The molecule has 2 rings (SSSR count). The van der Waals surface area contributed by atoms with Crippen LogP contribution in [0.15, 0.2) is 73.3 Å². The van der Waals surface area contributed by atoms with E-state index in [1.807, 2.05) is 25.1 Å². The van der Waals surface area contributed by atoms with Crippen LogP contribution in [0.2, 0.25) is 0 Å². The number of aryl methyl sites for hydroxylation is 1. The number of esters is 2. The van der Waals surface area contributed by atoms with Crippen LogP contribution in [0, 0.1) is 6.92 Å². The molecule has 202 valence electrons. The number of ether oxygens (including phenoxy) is 4. The van der Waals surface area contributed by atoms with Gasteiger partial charge in [-0.25, -0.2) is 9.59 Å². The maximum absolute atomic E-state index is 12.6. The van der Waals surface area contributed by atoms with E-state index in [4.69, 9.17) is 24.1 Å². The van der Waals surface area contributed by atoms with Crippen molar-refractivity contribution in [2.75, 3.05) is 33.0 Å². The minimum absolute atomic E-state index is 0.0299. The van der Waals surface area contributed by atoms with Gasteiger partial charge in [0.2, 0.25) is 0 Å². The first-order valence-electron chi connectivity index (χ1n) is 12.3. The van der Waals surface area contributed by atoms with Gasteiger partial charge < -0.3 is 24.1 Å². The number of carbonyl (C=O) groups is 3. The normalized spacial score (nSPS) is 10.6. The van der Waals surface area contributed by atoms with Gasteiger partial charge >= 0.3 is 11.9 Å². The summed E-state index contributed by atoms with van der Waals surface area (Å²) in [4.78, 5) is 35.0. The second-order valence-electron chi connectivity index (χ2n) is 8.27. The van der Waals surface area contributed by atoms with Crippen molar-refractivity contribution in [3.05, 3.63) is 90.0 Å². The molecule has 0 aliphatic carbocycles. The first-order valence-corrected chi connectivity index (χ1v) is 12.3. The van der Waals surface area contributed by atoms with Crippen LogP contribution in [-0.2, 0) is 19.1 Å². The van der Waals surface area contributed by atoms with Crippen molar-refractivity contribution in [3.8, 4) is 11.5 Å². The number of hydrogen-bond acceptors (Lipinski definition) is 8. The second-order valence-corrected chi connectivity index (χ2v) is 8.27. The lowest BCUT2D eigenvalue weighted by atomic mass is 10.1. The van der Waals surface area contributed by atoms with Crippen LogP contribution in [0.1, 0.15) is 40.7 Å². The lowest BCUT2D eigenvalue weighted by molar-refractivity contribution is -0.140. The molecule has 38 heavy (non-hydrogen) atoms. The minimum Gasteiger partial charge on any atom is -0.494 e. The van der Waals surface area contributed by atoms with E-state index < -0.39 is 18.5 Å². The van der Waals surface area contributed by atoms with Crippen molar-refractivity contribution in [1.29, 1.82) is 0 Å². The van der Waals surface area contributed by atoms with Crippen LogP contribution in [0.4, 0.5) is 0 Å². The Morgan fingerprint density at radius 1 is 0.895 bits per heavy atom. The minimum atomic E-state index is -0.596. The molecule has 8 heteroatoms. The maximum Gasteiger partial charge on any atom is 0.335 e. The number of allylic oxidation sites excluding steroid dienone is 1. The van der Waals surface area contributed by atoms with E-state index in [1.165, 1.54) is 6.08 Å². The van der Waals surface area contributed by atoms with E-state index in [1.54, 1.807) is 30.3 Å². The lowest BCUT2D eigenvalue weighted by Crippen LogP contribution is -2.11. The van der Waals surface area contributed by atoms with Gasteiger partial charge in [0.15, 0.2) is 5.78 Å². The molecule has 0 saturated carbocycles. The topological polar surface area (TPSA) is 108 Å². The number of ketones is 1. The lowest BCUT2D eigenvalue weighted by Gasteiger charge is -2.10. The highest BCUT2D eigenvalue weighted by Crippen LogP contribution is 2.21. The zero-order chi connectivity index (χ0) is 27.8. The molecule has 0 aromatic heterocycles. The standard InChI is InChI=1S/C30H34O8/c1-4-29(33)37-19-7-18-36-28-15-9-24(20-22(28)2)8-14-27(32)25-10-12-26(13-11-25)35-16-5-6-17-38-30(34)23(3)21-31/h4,8-15,20,31H,1,3,5-7,16-19,21H2,2H3/b14-8+. The molecule has 0 spiro atoms. The molecule has 0 fully saturated rings. The molecule has 0 bridgehead atoms. The van der Waals surface area contributed by atoms with Crippen LogP contribution in [0.5, 0.6) is 11.5 Å². The van der Waals surface area contributed by atoms with Crippen molar-refractivity contribution >= 4 is 23.8 Å². The zero-order valence-electron chi connectivity index (χ0n) is 21.6. The van der Waals surface area contributed by atoms with E-state index in [0.29, 0.717) is 43.8 Å². The SMILES string of the molecule is C=CC(=O)OCCCOc1ccc(/C=C/C(=O)c2ccc(OCCCCOC(=O)C(=C)CO)cc2)cc1C. The van der Waals surface area contributed by atoms with Crippen molar-refractivity contribution < 1.29 is 38.4 Å². The number of carbonyl (C=O) groups excluding carboxylic acids is 3. The van der Waals surface area contributed by atoms with E-state index in [9.17, 15) is 14.4 Å². The molecule has 0 radical (unpaired) electrons. The van der Waals surface area contributed by atoms with Gasteiger partial charge in [-0.3, -0.25) is 4.79 Å². The number of rotatable bonds is 17. The fraction of sp³-hybridized carbons (Fsp3) is 0.300. The smallest absolute Gasteiger partial charge is 0.335 e. The summed E-state index contributed by atoms with van der Waals surface area (Å²) in [6.45, 7) is 9.60. The van der Waals surface area contributed by atoms with Gasteiger partial charge in [0, 0.05) is 18.1 Å². The third-order valence-electron chi connectivity index (χ3n) is 5.24. The fourth-order valence-electron chi connectivity index (χ4n) is 3.12. The molecule has 0 aliphatic rings. The Morgan fingerprint density at radius 3 is 2.26 bits per heavy atom. The van der Waals surface area contributed by atoms with Crippen molar-refractivity contribution in [2.45, 2.75) is 26.2 Å². The quantitative estimate of drug-likeness (QED) is 0.139. The Morgan fingerprint density at radius 2 is 1.58 bits per heavy atom. The van der Waals surface area contributed by atoms with E-state index in [0.717, 1.165) is 23.0 Å². The Balaban J connectivity index is 1.74. The molecule has 0 atom stereocenters. The first kappa shape index (κ1) is 30.1. The average Bonchev–Trinajstić information content (AvgIpc) is 2.93. The summed E-state index contributed by atoms with van der Waals surface area (Å²) in [7, 11) is 0. The monoisotopic (exact) mass is 522 g/mol. The van der Waals surface area contributed by atoms with E-state index in [2.05, 4.69) is 13.2 Å². The zero-order valence-corrected chi connectivity index (χ0v) is 21.6. The van der Waals surface area contributed by atoms with Crippen LogP contribution < -0.4 is 9.47 Å². The molecule has 2 aromatic rings. The third-order valence-corrected chi connectivity index (χ3v) is 5.24. The van der Waals surface area contributed by atoms with Crippen LogP contribution in [0.25, 0.3) is 6.08 Å². The van der Waals surface area contributed by atoms with Gasteiger partial charge in [0.1, 0.15) is 11.5 Å². The molecular formula is C30H34O8. The van der Waals surface area contributed by atoms with Gasteiger partial charge in [-0.2, -0.15) is 0 Å². The number of aliphatic hydroxyl groups excluding tert-OH is 1. The van der Waals surface area contributed by atoms with Gasteiger partial charge in [-0.1, -0.05) is 25.3 Å². The molecule has 0 amide bonds. The molecule has 8 nitrogen and oxygen atoms in total. The molecule has 0 heterocycles. The summed E-state index contributed by atoms with van der Waals surface area (Å²) < 4.78 is 21.3. The predicted octanol–water partition coefficient (Wildman–Crippen LogP) is 4.64. The van der Waals surface area contributed by atoms with Crippen molar-refractivity contribution in [3.63, 3.8) is 0 Å². The van der Waals surface area contributed by atoms with Gasteiger partial charge in [0.05, 0.1) is 38.6 Å². The fourth-order valence-corrected chi connectivity index (χ4v) is 3.12. The molecule has 0 unspecified atom stereocenters. The summed E-state index contributed by atoms with van der Waals surface area (Å²) in [5.41, 5.74) is 2.37. The van der Waals surface area contributed by atoms with Crippen LogP contribution in [-0.4, -0.2) is 55.9 Å². The Kier molecular flexibility index (Phi) is 13.1. The summed E-state index contributed by atoms with van der Waals surface area (Å²) in [6.07, 6.45) is 6.26. The summed E-state index contributed by atoms with van der Waals surface area (Å²) in [5, 5.41) is 8.82. The first-order chi connectivity index (χ1) is 18.3. The summed E-state index contributed by atoms with van der Waals surface area (Å²) in [5.74, 6) is 0.193. The summed E-state index contributed by atoms with van der Waals surface area (Å²) >= 11 is 0. The highest BCUT2D eigenvalue weighted by molar-refractivity contribution is 6.06.